The molecule has 0 aromatic heterocycles. The molecule has 2 aromatic carbocycles. The second-order valence-electron chi connectivity index (χ2n) is 8.43. The van der Waals surface area contributed by atoms with E-state index in [0.717, 1.165) is 10.4 Å². The van der Waals surface area contributed by atoms with Crippen molar-refractivity contribution in [3.05, 3.63) is 60.7 Å². The highest BCUT2D eigenvalue weighted by atomic mass is 28.4. The highest BCUT2D eigenvalue weighted by Gasteiger charge is 2.54. The maximum atomic E-state index is 12.7. The second kappa shape index (κ2) is 8.01. The fraction of sp³-hybridized carbons (Fsp3) is 0.391. The maximum absolute atomic E-state index is 12.7. The molecule has 0 amide bonds. The molecule has 0 aliphatic heterocycles. The summed E-state index contributed by atoms with van der Waals surface area (Å²) in [5.74, 6) is -0.350. The van der Waals surface area contributed by atoms with Crippen LogP contribution in [0.5, 0.6) is 0 Å². The Kier molecular flexibility index (Phi) is 5.86. The van der Waals surface area contributed by atoms with E-state index >= 15 is 0 Å². The van der Waals surface area contributed by atoms with Gasteiger partial charge in [0.1, 0.15) is 11.9 Å². The van der Waals surface area contributed by atoms with Gasteiger partial charge in [-0.05, 0) is 15.4 Å². The molecule has 5 heteroatoms. The fourth-order valence-electron chi connectivity index (χ4n) is 4.07. The van der Waals surface area contributed by atoms with E-state index in [9.17, 15) is 9.59 Å². The minimum Gasteiger partial charge on any atom is -0.467 e. The number of esters is 1. The summed E-state index contributed by atoms with van der Waals surface area (Å²) in [6.45, 7) is 6.50. The first-order valence-electron chi connectivity index (χ1n) is 9.68. The van der Waals surface area contributed by atoms with Crippen LogP contribution >= 0.6 is 0 Å². The van der Waals surface area contributed by atoms with Crippen molar-refractivity contribution in [3.63, 3.8) is 0 Å². The van der Waals surface area contributed by atoms with E-state index in [1.807, 2.05) is 36.4 Å². The van der Waals surface area contributed by atoms with Crippen LogP contribution in [0.2, 0.25) is 5.04 Å². The van der Waals surface area contributed by atoms with E-state index in [-0.39, 0.29) is 16.7 Å². The van der Waals surface area contributed by atoms with Gasteiger partial charge in [0.05, 0.1) is 7.11 Å². The third-order valence-electron chi connectivity index (χ3n) is 5.56. The molecule has 0 saturated heterocycles. The van der Waals surface area contributed by atoms with Crippen molar-refractivity contribution in [2.75, 3.05) is 7.11 Å². The lowest BCUT2D eigenvalue weighted by molar-refractivity contribution is -0.155. The Hall–Kier alpha value is -2.24. The lowest BCUT2D eigenvalue weighted by atomic mass is 9.80. The zero-order valence-electron chi connectivity index (χ0n) is 17.0. The van der Waals surface area contributed by atoms with Crippen molar-refractivity contribution in [1.82, 2.24) is 0 Å². The van der Waals surface area contributed by atoms with Crippen LogP contribution in [-0.2, 0) is 18.8 Å². The molecule has 0 bridgehead atoms. The quantitative estimate of drug-likeness (QED) is 0.556. The maximum Gasteiger partial charge on any atom is 0.334 e. The molecule has 1 fully saturated rings. The van der Waals surface area contributed by atoms with Crippen LogP contribution in [0.25, 0.3) is 0 Å². The molecule has 0 radical (unpaired) electrons. The summed E-state index contributed by atoms with van der Waals surface area (Å²) >= 11 is 0. The Morgan fingerprint density at radius 1 is 0.964 bits per heavy atom. The van der Waals surface area contributed by atoms with Gasteiger partial charge >= 0.3 is 5.97 Å². The summed E-state index contributed by atoms with van der Waals surface area (Å²) < 4.78 is 12.0. The minimum atomic E-state index is -2.87. The monoisotopic (exact) mass is 396 g/mol. The normalized spacial score (nSPS) is 16.4. The molecule has 0 heterocycles. The molecule has 28 heavy (non-hydrogen) atoms. The van der Waals surface area contributed by atoms with Crippen molar-refractivity contribution < 1.29 is 18.8 Å². The number of Topliss-reactive ketones (excluding diaryl/α,β-unsaturated/α-hetero) is 1. The molecule has 1 aliphatic rings. The molecule has 1 aliphatic carbocycles. The van der Waals surface area contributed by atoms with Gasteiger partial charge in [-0.25, -0.2) is 4.79 Å². The van der Waals surface area contributed by atoms with E-state index < -0.39 is 20.4 Å². The lowest BCUT2D eigenvalue weighted by Gasteiger charge is -2.46. The molecule has 4 nitrogen and oxygen atoms in total. The molecule has 1 unspecified atom stereocenters. The summed E-state index contributed by atoms with van der Waals surface area (Å²) in [4.78, 5) is 24.3. The average Bonchev–Trinajstić information content (AvgIpc) is 2.67. The first-order valence-corrected chi connectivity index (χ1v) is 11.6. The van der Waals surface area contributed by atoms with Gasteiger partial charge in [0.15, 0.2) is 0 Å². The largest absolute Gasteiger partial charge is 0.467 e. The summed E-state index contributed by atoms with van der Waals surface area (Å²) in [5, 5.41) is 1.97. The number of hydrogen-bond acceptors (Lipinski definition) is 4. The summed E-state index contributed by atoms with van der Waals surface area (Å²) in [7, 11) is -1.49. The van der Waals surface area contributed by atoms with E-state index in [1.165, 1.54) is 7.11 Å². The van der Waals surface area contributed by atoms with E-state index in [1.54, 1.807) is 0 Å². The van der Waals surface area contributed by atoms with Crippen LogP contribution in [0, 0.1) is 5.92 Å². The van der Waals surface area contributed by atoms with Gasteiger partial charge in [0, 0.05) is 18.8 Å². The standard InChI is InChI=1S/C23H28O4Si/c1-23(2,3)28(19-11-7-5-8-12-19,20-13-9-6-10-14-20)27-21(22(25)26-4)17-15-18(24)16-17/h5-14,17,21H,15-16H2,1-4H3. The van der Waals surface area contributed by atoms with Gasteiger partial charge in [-0.2, -0.15) is 0 Å². The van der Waals surface area contributed by atoms with Crippen molar-refractivity contribution in [1.29, 1.82) is 0 Å². The Bertz CT molecular complexity index is 779. The highest BCUT2D eigenvalue weighted by molar-refractivity contribution is 6.99. The predicted octanol–water partition coefficient (Wildman–Crippen LogP) is 3.08. The number of ketones is 1. The fourth-order valence-corrected chi connectivity index (χ4v) is 8.76. The van der Waals surface area contributed by atoms with Gasteiger partial charge in [-0.1, -0.05) is 81.4 Å². The van der Waals surface area contributed by atoms with Crippen molar-refractivity contribution in [2.45, 2.75) is 44.8 Å². The third kappa shape index (κ3) is 3.69. The summed E-state index contributed by atoms with van der Waals surface area (Å²) in [6.07, 6.45) is 0.00431. The Morgan fingerprint density at radius 3 is 1.79 bits per heavy atom. The highest BCUT2D eigenvalue weighted by Crippen LogP contribution is 2.40. The SMILES string of the molecule is COC(=O)C(O[Si](c1ccccc1)(c1ccccc1)C(C)(C)C)C1CC(=O)C1. The smallest absolute Gasteiger partial charge is 0.334 e. The third-order valence-corrected chi connectivity index (χ3v) is 10.6. The average molecular weight is 397 g/mol. The van der Waals surface area contributed by atoms with Gasteiger partial charge < -0.3 is 9.16 Å². The van der Waals surface area contributed by atoms with E-state index in [2.05, 4.69) is 45.0 Å². The molecular weight excluding hydrogens is 368 g/mol. The Labute approximate surface area is 168 Å². The molecule has 1 saturated carbocycles. The van der Waals surface area contributed by atoms with Crippen LogP contribution < -0.4 is 10.4 Å². The van der Waals surface area contributed by atoms with Gasteiger partial charge in [-0.15, -0.1) is 0 Å². The zero-order chi connectivity index (χ0) is 20.4. The van der Waals surface area contributed by atoms with E-state index in [0.29, 0.717) is 12.8 Å². The number of methoxy groups -OCH3 is 1. The van der Waals surface area contributed by atoms with Crippen LogP contribution in [-0.4, -0.2) is 33.3 Å². The summed E-state index contributed by atoms with van der Waals surface area (Å²) in [6, 6.07) is 20.4. The van der Waals surface area contributed by atoms with Crippen molar-refractivity contribution in [3.8, 4) is 0 Å². The predicted molar refractivity (Wildman–Crippen MR) is 112 cm³/mol. The van der Waals surface area contributed by atoms with Gasteiger partial charge in [0.2, 0.25) is 0 Å². The Morgan fingerprint density at radius 2 is 1.43 bits per heavy atom. The molecular formula is C23H28O4Si. The van der Waals surface area contributed by atoms with Crippen LogP contribution in [0.1, 0.15) is 33.6 Å². The van der Waals surface area contributed by atoms with E-state index in [4.69, 9.17) is 9.16 Å². The number of rotatable bonds is 6. The molecule has 0 spiro atoms. The van der Waals surface area contributed by atoms with Gasteiger partial charge in [0.25, 0.3) is 8.32 Å². The number of carbonyl (C=O) groups excluding carboxylic acids is 2. The van der Waals surface area contributed by atoms with Crippen LogP contribution in [0.4, 0.5) is 0 Å². The molecule has 2 aromatic rings. The Balaban J connectivity index is 2.17. The second-order valence-corrected chi connectivity index (χ2v) is 12.7. The number of ether oxygens (including phenoxy) is 1. The lowest BCUT2D eigenvalue weighted by Crippen LogP contribution is -2.69. The topological polar surface area (TPSA) is 52.6 Å². The first kappa shape index (κ1) is 20.5. The minimum absolute atomic E-state index is 0.124. The van der Waals surface area contributed by atoms with Gasteiger partial charge in [-0.3, -0.25) is 4.79 Å². The number of benzene rings is 2. The molecule has 148 valence electrons. The molecule has 0 N–H and O–H groups in total. The first-order chi connectivity index (χ1) is 13.3. The molecule has 1 atom stereocenters. The van der Waals surface area contributed by atoms with Crippen LogP contribution in [0.3, 0.4) is 0 Å². The number of carbonyl (C=O) groups is 2. The number of hydrogen-bond donors (Lipinski definition) is 0. The van der Waals surface area contributed by atoms with Crippen LogP contribution in [0.15, 0.2) is 60.7 Å². The van der Waals surface area contributed by atoms with Crippen molar-refractivity contribution >= 4 is 30.4 Å². The molecule has 3 rings (SSSR count). The van der Waals surface area contributed by atoms with Crippen molar-refractivity contribution in [2.24, 2.45) is 5.92 Å². The summed E-state index contributed by atoms with van der Waals surface area (Å²) in [5.41, 5.74) is 0. The zero-order valence-corrected chi connectivity index (χ0v) is 18.0.